The highest BCUT2D eigenvalue weighted by atomic mass is 19.4. The van der Waals surface area contributed by atoms with Crippen LogP contribution in [0.1, 0.15) is 25.3 Å². The minimum atomic E-state index is -4.74. The van der Waals surface area contributed by atoms with Crippen LogP contribution in [-0.2, 0) is 10.4 Å². The second-order valence-corrected chi connectivity index (χ2v) is 6.49. The van der Waals surface area contributed by atoms with Crippen LogP contribution >= 0.6 is 0 Å². The van der Waals surface area contributed by atoms with Crippen molar-refractivity contribution in [3.63, 3.8) is 0 Å². The van der Waals surface area contributed by atoms with Gasteiger partial charge in [-0.1, -0.05) is 36.4 Å². The van der Waals surface area contributed by atoms with Crippen LogP contribution in [0.3, 0.4) is 0 Å². The zero-order chi connectivity index (χ0) is 18.2. The molecule has 6 heteroatoms. The van der Waals surface area contributed by atoms with Crippen LogP contribution in [0.4, 0.5) is 18.9 Å². The molecule has 0 bridgehead atoms. The summed E-state index contributed by atoms with van der Waals surface area (Å²) in [5, 5.41) is 12.5. The smallest absolute Gasteiger partial charge is 0.376 e. The maximum Gasteiger partial charge on any atom is 0.421 e. The summed E-state index contributed by atoms with van der Waals surface area (Å²) in [5.41, 5.74) is -0.874. The molecule has 0 spiro atoms. The number of aliphatic hydroxyl groups is 1. The van der Waals surface area contributed by atoms with Crippen LogP contribution in [0, 0.1) is 5.92 Å². The maximum atomic E-state index is 12.9. The van der Waals surface area contributed by atoms with Gasteiger partial charge in [-0.2, -0.15) is 13.2 Å². The average molecular weight is 349 g/mol. The van der Waals surface area contributed by atoms with Gasteiger partial charge < -0.3 is 10.4 Å². The van der Waals surface area contributed by atoms with E-state index in [2.05, 4.69) is 5.32 Å². The van der Waals surface area contributed by atoms with Gasteiger partial charge in [-0.05, 0) is 48.6 Å². The molecule has 2 aromatic carbocycles. The van der Waals surface area contributed by atoms with Crippen molar-refractivity contribution in [3.05, 3.63) is 54.1 Å². The molecule has 0 heterocycles. The number of rotatable bonds is 4. The second-order valence-electron chi connectivity index (χ2n) is 6.49. The molecule has 3 nitrogen and oxygen atoms in total. The second kappa shape index (κ2) is 6.19. The summed E-state index contributed by atoms with van der Waals surface area (Å²) in [7, 11) is 0. The Morgan fingerprint density at radius 1 is 1.00 bits per heavy atom. The molecule has 1 atom stereocenters. The lowest BCUT2D eigenvalue weighted by atomic mass is 9.93. The van der Waals surface area contributed by atoms with E-state index < -0.39 is 11.8 Å². The van der Waals surface area contributed by atoms with Gasteiger partial charge in [0.2, 0.25) is 5.91 Å². The molecule has 0 radical (unpaired) electrons. The number of alkyl halides is 3. The first-order valence-corrected chi connectivity index (χ1v) is 7.99. The molecule has 0 aromatic heterocycles. The number of benzene rings is 2. The predicted molar refractivity (Wildman–Crippen MR) is 88.9 cm³/mol. The minimum absolute atomic E-state index is 0.0199. The zero-order valence-electron chi connectivity index (χ0n) is 13.6. The molecule has 1 unspecified atom stereocenters. The van der Waals surface area contributed by atoms with Crippen molar-refractivity contribution in [2.75, 3.05) is 5.32 Å². The number of nitrogens with one attached hydrogen (secondary N) is 1. The van der Waals surface area contributed by atoms with E-state index in [1.54, 1.807) is 24.3 Å². The highest BCUT2D eigenvalue weighted by Crippen LogP contribution is 2.39. The molecule has 0 saturated heterocycles. The van der Waals surface area contributed by atoms with Crippen LogP contribution in [0.2, 0.25) is 0 Å². The first-order chi connectivity index (χ1) is 11.7. The van der Waals surface area contributed by atoms with Crippen LogP contribution in [0.15, 0.2) is 48.5 Å². The van der Waals surface area contributed by atoms with Gasteiger partial charge in [-0.25, -0.2) is 0 Å². The maximum absolute atomic E-state index is 12.9. The third-order valence-electron chi connectivity index (χ3n) is 4.43. The Labute approximate surface area is 143 Å². The van der Waals surface area contributed by atoms with Gasteiger partial charge in [0.1, 0.15) is 0 Å². The summed E-state index contributed by atoms with van der Waals surface area (Å²) in [5.74, 6) is 0.139. The molecule has 1 fully saturated rings. The first kappa shape index (κ1) is 17.5. The summed E-state index contributed by atoms with van der Waals surface area (Å²) < 4.78 is 38.6. The third-order valence-corrected chi connectivity index (χ3v) is 4.43. The van der Waals surface area contributed by atoms with Crippen molar-refractivity contribution >= 4 is 11.6 Å². The highest BCUT2D eigenvalue weighted by Gasteiger charge is 2.51. The summed E-state index contributed by atoms with van der Waals surface area (Å²) in [6.45, 7) is 0.735. The Morgan fingerprint density at radius 2 is 1.48 bits per heavy atom. The summed E-state index contributed by atoms with van der Waals surface area (Å²) in [6, 6.07) is 12.7. The molecule has 3 rings (SSSR count). The molecule has 25 heavy (non-hydrogen) atoms. The van der Waals surface area contributed by atoms with Gasteiger partial charge in [0.15, 0.2) is 5.60 Å². The minimum Gasteiger partial charge on any atom is -0.376 e. The molecule has 2 aromatic rings. The van der Waals surface area contributed by atoms with Crippen LogP contribution in [0.25, 0.3) is 11.1 Å². The molecule has 1 saturated carbocycles. The molecule has 1 amide bonds. The summed E-state index contributed by atoms with van der Waals surface area (Å²) in [4.78, 5) is 11.7. The fourth-order valence-corrected chi connectivity index (χ4v) is 2.49. The van der Waals surface area contributed by atoms with Gasteiger partial charge in [0.05, 0.1) is 0 Å². The van der Waals surface area contributed by atoms with E-state index in [1.807, 2.05) is 0 Å². The largest absolute Gasteiger partial charge is 0.421 e. The number of halogens is 3. The van der Waals surface area contributed by atoms with Gasteiger partial charge >= 0.3 is 6.18 Å². The topological polar surface area (TPSA) is 49.3 Å². The molecule has 2 N–H and O–H groups in total. The van der Waals surface area contributed by atoms with Crippen LogP contribution < -0.4 is 5.32 Å². The molecule has 132 valence electrons. The van der Waals surface area contributed by atoms with Crippen molar-refractivity contribution in [2.45, 2.75) is 31.5 Å². The van der Waals surface area contributed by atoms with Crippen molar-refractivity contribution in [1.29, 1.82) is 0 Å². The first-order valence-electron chi connectivity index (χ1n) is 7.99. The lowest BCUT2D eigenvalue weighted by molar-refractivity contribution is -0.258. The predicted octanol–water partition coefficient (Wildman–Crippen LogP) is 4.47. The summed E-state index contributed by atoms with van der Waals surface area (Å²) in [6.07, 6.45) is -2.88. The van der Waals surface area contributed by atoms with Crippen molar-refractivity contribution in [3.8, 4) is 11.1 Å². The number of carbonyl (C=O) groups is 1. The zero-order valence-corrected chi connectivity index (χ0v) is 13.6. The SMILES string of the molecule is CC(O)(c1ccc(-c2ccc(NC(=O)C3CC3)cc2)cc1)C(F)(F)F. The quantitative estimate of drug-likeness (QED) is 0.855. The monoisotopic (exact) mass is 349 g/mol. The van der Waals surface area contributed by atoms with E-state index >= 15 is 0 Å². The molecular formula is C19H18F3NO2. The number of anilines is 1. The fourth-order valence-electron chi connectivity index (χ4n) is 2.49. The van der Waals surface area contributed by atoms with E-state index in [0.29, 0.717) is 5.69 Å². The molecular weight excluding hydrogens is 331 g/mol. The van der Waals surface area contributed by atoms with Crippen LogP contribution in [0.5, 0.6) is 0 Å². The standard InChI is InChI=1S/C19H18F3NO2/c1-18(25,19(20,21)22)15-8-4-12(5-9-15)13-6-10-16(11-7-13)23-17(24)14-2-3-14/h4-11,14,25H,2-3H2,1H3,(H,23,24). The number of hydrogen-bond acceptors (Lipinski definition) is 2. The molecule has 0 aliphatic heterocycles. The highest BCUT2D eigenvalue weighted by molar-refractivity contribution is 5.94. The Bertz CT molecular complexity index is 761. The van der Waals surface area contributed by atoms with Gasteiger partial charge in [0, 0.05) is 11.6 Å². The Hall–Kier alpha value is -2.34. The number of carbonyl (C=O) groups excluding carboxylic acids is 1. The molecule has 1 aliphatic carbocycles. The van der Waals surface area contributed by atoms with Crippen molar-refractivity contribution in [2.24, 2.45) is 5.92 Å². The number of amides is 1. The lowest BCUT2D eigenvalue weighted by Gasteiger charge is -2.26. The third kappa shape index (κ3) is 3.69. The van der Waals surface area contributed by atoms with Gasteiger partial charge in [0.25, 0.3) is 0 Å². The van der Waals surface area contributed by atoms with Gasteiger partial charge in [-0.15, -0.1) is 0 Å². The van der Waals surface area contributed by atoms with Crippen LogP contribution in [-0.4, -0.2) is 17.2 Å². The average Bonchev–Trinajstić information content (AvgIpc) is 3.39. The Kier molecular flexibility index (Phi) is 4.33. The number of hydrogen-bond donors (Lipinski definition) is 2. The summed E-state index contributed by atoms with van der Waals surface area (Å²) >= 11 is 0. The Morgan fingerprint density at radius 3 is 1.92 bits per heavy atom. The van der Waals surface area contributed by atoms with E-state index in [4.69, 9.17) is 0 Å². The van der Waals surface area contributed by atoms with Gasteiger partial charge in [-0.3, -0.25) is 4.79 Å². The van der Waals surface area contributed by atoms with E-state index in [0.717, 1.165) is 30.9 Å². The van der Waals surface area contributed by atoms with Crippen molar-refractivity contribution < 1.29 is 23.1 Å². The van der Waals surface area contributed by atoms with E-state index in [9.17, 15) is 23.1 Å². The lowest BCUT2D eigenvalue weighted by Crippen LogP contribution is -2.39. The molecule has 1 aliphatic rings. The van der Waals surface area contributed by atoms with Crippen molar-refractivity contribution in [1.82, 2.24) is 0 Å². The van der Waals surface area contributed by atoms with E-state index in [-0.39, 0.29) is 17.4 Å². The Balaban J connectivity index is 1.75. The normalized spacial score (nSPS) is 17.0. The van der Waals surface area contributed by atoms with E-state index in [1.165, 1.54) is 24.3 Å². The fraction of sp³-hybridized carbons (Fsp3) is 0.316.